The lowest BCUT2D eigenvalue weighted by Gasteiger charge is -2.33. The van der Waals surface area contributed by atoms with Gasteiger partial charge in [0.05, 0.1) is 27.4 Å². The molecule has 0 spiro atoms. The maximum atomic E-state index is 2.58. The summed E-state index contributed by atoms with van der Waals surface area (Å²) in [5.41, 5.74) is 17.5. The predicted octanol–water partition coefficient (Wildman–Crippen LogP) is 20.7. The topological polar surface area (TPSA) is 6.48 Å². The highest BCUT2D eigenvalue weighted by Gasteiger charge is 2.39. The van der Waals surface area contributed by atoms with Crippen LogP contribution in [0.5, 0.6) is 0 Å². The summed E-state index contributed by atoms with van der Waals surface area (Å²) >= 11 is 3.95. The highest BCUT2D eigenvalue weighted by atomic mass is 32.2. The summed E-state index contributed by atoms with van der Waals surface area (Å²) < 4.78 is 2.57. The summed E-state index contributed by atoms with van der Waals surface area (Å²) in [5.74, 6) is 0.253. The van der Waals surface area contributed by atoms with Crippen molar-refractivity contribution in [3.8, 4) is 11.1 Å². The Bertz CT molecular complexity index is 4230. The minimum Gasteiger partial charge on any atom is -0.309 e. The lowest BCUT2D eigenvalue weighted by molar-refractivity contribution is 0.591. The molecule has 1 aliphatic carbocycles. The highest BCUT2D eigenvalue weighted by Crippen LogP contribution is 2.59. The van der Waals surface area contributed by atoms with Crippen LogP contribution in [0.3, 0.4) is 0 Å². The Balaban J connectivity index is 1.07. The fraction of sp³-hybridized carbons (Fsp3) is 0.114. The van der Waals surface area contributed by atoms with Crippen molar-refractivity contribution in [1.82, 2.24) is 0 Å². The quantitative estimate of drug-likeness (QED) is 0.140. The molecular weight excluding hydrogens is 933 g/mol. The summed E-state index contributed by atoms with van der Waals surface area (Å²) in [6.07, 6.45) is 7.07. The molecule has 0 N–H and O–H groups in total. The van der Waals surface area contributed by atoms with Crippen molar-refractivity contribution in [2.75, 3.05) is 9.80 Å². The van der Waals surface area contributed by atoms with Crippen LogP contribution in [0.15, 0.2) is 229 Å². The number of allylic oxidation sites excluding steroid dienone is 3. The van der Waals surface area contributed by atoms with Crippen LogP contribution in [0.1, 0.15) is 54.5 Å². The van der Waals surface area contributed by atoms with Gasteiger partial charge in [-0.2, -0.15) is 0 Å². The van der Waals surface area contributed by atoms with Crippen molar-refractivity contribution in [3.05, 3.63) is 252 Å². The second kappa shape index (κ2) is 17.4. The number of aryl methyl sites for hydroxylation is 2. The third-order valence-electron chi connectivity index (χ3n) is 15.8. The molecule has 0 amide bonds. The average Bonchev–Trinajstić information content (AvgIpc) is 4.05. The zero-order chi connectivity index (χ0) is 49.8. The minimum absolute atomic E-state index is 0.0109. The summed E-state index contributed by atoms with van der Waals surface area (Å²) in [6.45, 7) is 11.5. The third-order valence-corrected chi connectivity index (χ3v) is 18.5. The number of thioether (sulfide) groups is 1. The van der Waals surface area contributed by atoms with Gasteiger partial charge in [0.2, 0.25) is 0 Å². The van der Waals surface area contributed by atoms with E-state index >= 15 is 0 Å². The van der Waals surface area contributed by atoms with Crippen molar-refractivity contribution < 1.29 is 0 Å². The zero-order valence-electron chi connectivity index (χ0n) is 42.2. The van der Waals surface area contributed by atoms with E-state index in [9.17, 15) is 0 Å². The molecule has 1 aromatic heterocycles. The Labute approximate surface area is 441 Å². The maximum absolute atomic E-state index is 2.58. The number of benzene rings is 11. The van der Waals surface area contributed by atoms with Gasteiger partial charge in [0.25, 0.3) is 0 Å². The molecule has 0 saturated carbocycles. The van der Waals surface area contributed by atoms with Gasteiger partial charge in [-0.25, -0.2) is 0 Å². The molecule has 4 heteroatoms. The van der Waals surface area contributed by atoms with E-state index < -0.39 is 0 Å². The Morgan fingerprint density at radius 3 is 1.65 bits per heavy atom. The summed E-state index contributed by atoms with van der Waals surface area (Å²) in [5, 5.41) is 10.4. The first-order valence-corrected chi connectivity index (χ1v) is 27.6. The molecule has 0 saturated heterocycles. The largest absolute Gasteiger partial charge is 0.309 e. The molecule has 2 aliphatic rings. The van der Waals surface area contributed by atoms with Crippen molar-refractivity contribution in [1.29, 1.82) is 0 Å². The monoisotopic (exact) mass is 986 g/mol. The van der Waals surface area contributed by atoms with E-state index in [-0.39, 0.29) is 16.6 Å². The van der Waals surface area contributed by atoms with Crippen LogP contribution < -0.4 is 9.80 Å². The van der Waals surface area contributed by atoms with Crippen LogP contribution in [0.2, 0.25) is 0 Å². The Morgan fingerprint density at radius 1 is 0.446 bits per heavy atom. The molecule has 356 valence electrons. The molecular formula is C70H54N2S2. The Hall–Kier alpha value is -7.89. The molecule has 2 unspecified atom stereocenters. The van der Waals surface area contributed by atoms with Crippen molar-refractivity contribution in [3.63, 3.8) is 0 Å². The fourth-order valence-electron chi connectivity index (χ4n) is 12.2. The molecule has 74 heavy (non-hydrogen) atoms. The first-order chi connectivity index (χ1) is 36.2. The van der Waals surface area contributed by atoms with Crippen molar-refractivity contribution in [2.45, 2.75) is 56.1 Å². The van der Waals surface area contributed by atoms with Crippen molar-refractivity contribution >= 4 is 115 Å². The molecule has 2 nitrogen and oxygen atoms in total. The zero-order valence-corrected chi connectivity index (χ0v) is 43.9. The van der Waals surface area contributed by atoms with E-state index in [1.807, 2.05) is 23.1 Å². The number of nitrogens with zero attached hydrogens (tertiary/aromatic N) is 2. The van der Waals surface area contributed by atoms with Gasteiger partial charge in [-0.1, -0.05) is 203 Å². The Kier molecular flexibility index (Phi) is 10.5. The van der Waals surface area contributed by atoms with E-state index in [4.69, 9.17) is 0 Å². The van der Waals surface area contributed by atoms with E-state index in [2.05, 4.69) is 269 Å². The van der Waals surface area contributed by atoms with Crippen molar-refractivity contribution in [2.24, 2.45) is 0 Å². The highest BCUT2D eigenvalue weighted by molar-refractivity contribution is 8.01. The number of rotatable bonds is 8. The van der Waals surface area contributed by atoms with Crippen LogP contribution in [-0.4, -0.2) is 5.25 Å². The van der Waals surface area contributed by atoms with Gasteiger partial charge in [-0.15, -0.1) is 23.1 Å². The molecule has 12 aromatic rings. The number of hydrogen-bond acceptors (Lipinski definition) is 4. The first kappa shape index (κ1) is 44.8. The van der Waals surface area contributed by atoms with Gasteiger partial charge in [-0.3, -0.25) is 0 Å². The van der Waals surface area contributed by atoms with Gasteiger partial charge >= 0.3 is 0 Å². The SMILES string of the molecule is Cc1ccccc1C1=CC=CC2c3cccc(N(c4ccccc4)c4cc(N(c5ccccc5)c5cccc6c5sc5c(-c7ccccc7C)cccc56)c5ccc6cc(C(C)(C)C)cc7ccc4c5c76)c3SC12. The summed E-state index contributed by atoms with van der Waals surface area (Å²) in [6, 6.07) is 77.6. The number of anilines is 6. The fourth-order valence-corrected chi connectivity index (χ4v) is 15.1. The van der Waals surface area contributed by atoms with Crippen LogP contribution in [-0.2, 0) is 5.41 Å². The van der Waals surface area contributed by atoms with E-state index in [1.54, 1.807) is 0 Å². The average molecular weight is 987 g/mol. The van der Waals surface area contributed by atoms with Gasteiger partial charge in [0.1, 0.15) is 0 Å². The lowest BCUT2D eigenvalue weighted by atomic mass is 9.83. The number of fused-ring (bicyclic) bond motifs is 6. The van der Waals surface area contributed by atoms with Crippen LogP contribution >= 0.6 is 23.1 Å². The Morgan fingerprint density at radius 2 is 1.00 bits per heavy atom. The molecule has 1 aliphatic heterocycles. The van der Waals surface area contributed by atoms with Gasteiger partial charge in [0, 0.05) is 59.1 Å². The second-order valence-electron chi connectivity index (χ2n) is 21.2. The van der Waals surface area contributed by atoms with Gasteiger partial charge in [-0.05, 0) is 122 Å². The molecule has 0 bridgehead atoms. The summed E-state index contributed by atoms with van der Waals surface area (Å²) in [4.78, 5) is 6.48. The second-order valence-corrected chi connectivity index (χ2v) is 23.4. The lowest BCUT2D eigenvalue weighted by Crippen LogP contribution is -2.15. The minimum atomic E-state index is -0.0109. The van der Waals surface area contributed by atoms with Crippen LogP contribution in [0, 0.1) is 13.8 Å². The van der Waals surface area contributed by atoms with Crippen LogP contribution in [0.4, 0.5) is 34.1 Å². The maximum Gasteiger partial charge on any atom is 0.0640 e. The first-order valence-electron chi connectivity index (χ1n) is 25.9. The third kappa shape index (κ3) is 7.07. The standard InChI is InChI=1S/C70H54N2S2/c1-43-20-12-14-26-50(43)52-28-16-30-54-56-32-18-34-60(68(56)73-66(52)54)71(48-22-8-6-9-23-48)62-42-63(59-39-37-46-41-47(70(3,4)5)40-45-36-38-58(62)65(59)64(45)46)72(49-24-10-7-11-25-49)61-35-19-33-57-55-31-17-29-53(67(55)74-69(57)61)51-27-15-13-21-44(51)2/h6-42,54,66H,1-5H3. The number of thiophene rings is 1. The van der Waals surface area contributed by atoms with Gasteiger partial charge < -0.3 is 9.80 Å². The normalized spacial score (nSPS) is 15.3. The molecule has 14 rings (SSSR count). The predicted molar refractivity (Wildman–Crippen MR) is 322 cm³/mol. The number of hydrogen-bond donors (Lipinski definition) is 0. The van der Waals surface area contributed by atoms with E-state index in [0.717, 1.165) is 28.4 Å². The summed E-state index contributed by atoms with van der Waals surface area (Å²) in [7, 11) is 0. The van der Waals surface area contributed by atoms with Crippen LogP contribution in [0.25, 0.3) is 69.2 Å². The van der Waals surface area contributed by atoms with E-state index in [1.165, 1.54) is 108 Å². The molecule has 0 radical (unpaired) electrons. The molecule has 2 atom stereocenters. The molecule has 0 fully saturated rings. The molecule has 2 heterocycles. The van der Waals surface area contributed by atoms with Gasteiger partial charge in [0.15, 0.2) is 0 Å². The number of para-hydroxylation sites is 2. The molecule has 11 aromatic carbocycles. The smallest absolute Gasteiger partial charge is 0.0640 e. The van der Waals surface area contributed by atoms with E-state index in [0.29, 0.717) is 0 Å².